The molecule has 0 amide bonds. The predicted molar refractivity (Wildman–Crippen MR) is 64.8 cm³/mol. The van der Waals surface area contributed by atoms with E-state index >= 15 is 0 Å². The molecular weight excluding hydrogens is 201 g/mol. The minimum Gasteiger partial charge on any atom is -0.307 e. The first-order valence-corrected chi connectivity index (χ1v) is 5.99. The maximum atomic E-state index is 13.3. The van der Waals surface area contributed by atoms with Crippen molar-refractivity contribution in [2.24, 2.45) is 5.92 Å². The van der Waals surface area contributed by atoms with E-state index in [2.05, 4.69) is 19.2 Å². The van der Waals surface area contributed by atoms with Crippen molar-refractivity contribution in [1.29, 1.82) is 0 Å². The van der Waals surface area contributed by atoms with Crippen LogP contribution in [0.15, 0.2) is 18.2 Å². The summed E-state index contributed by atoms with van der Waals surface area (Å²) in [5.74, 6) is 0.686. The summed E-state index contributed by atoms with van der Waals surface area (Å²) in [6.07, 6.45) is 2.64. The van der Waals surface area contributed by atoms with Crippen LogP contribution in [0.2, 0.25) is 0 Å². The van der Waals surface area contributed by atoms with Crippen molar-refractivity contribution in [1.82, 2.24) is 5.32 Å². The quantitative estimate of drug-likeness (QED) is 0.821. The van der Waals surface area contributed by atoms with E-state index in [-0.39, 0.29) is 11.4 Å². The Bertz CT molecular complexity index is 380. The van der Waals surface area contributed by atoms with Gasteiger partial charge in [-0.3, -0.25) is 0 Å². The Hall–Kier alpha value is -0.890. The zero-order valence-corrected chi connectivity index (χ0v) is 10.3. The highest BCUT2D eigenvalue weighted by Crippen LogP contribution is 2.39. The van der Waals surface area contributed by atoms with Gasteiger partial charge < -0.3 is 5.32 Å². The molecule has 2 rings (SSSR count). The average Bonchev–Trinajstić information content (AvgIpc) is 3.03. The van der Waals surface area contributed by atoms with Crippen molar-refractivity contribution in [3.8, 4) is 0 Å². The molecule has 1 fully saturated rings. The minimum absolute atomic E-state index is 0.108. The molecule has 1 aliphatic rings. The predicted octanol–water partition coefficient (Wildman–Crippen LogP) is 3.41. The van der Waals surface area contributed by atoms with Crippen molar-refractivity contribution < 1.29 is 4.39 Å². The second kappa shape index (κ2) is 4.17. The summed E-state index contributed by atoms with van der Waals surface area (Å²) < 4.78 is 13.3. The first-order valence-electron chi connectivity index (χ1n) is 5.99. The van der Waals surface area contributed by atoms with Gasteiger partial charge in [-0.15, -0.1) is 0 Å². The Kier molecular flexibility index (Phi) is 3.02. The molecule has 1 N–H and O–H groups in total. The molecule has 0 unspecified atom stereocenters. The summed E-state index contributed by atoms with van der Waals surface area (Å²) in [6.45, 7) is 7.01. The first kappa shape index (κ1) is 11.6. The van der Waals surface area contributed by atoms with Crippen molar-refractivity contribution in [3.63, 3.8) is 0 Å². The molecule has 1 aliphatic carbocycles. The molecule has 1 saturated carbocycles. The number of halogens is 1. The lowest BCUT2D eigenvalue weighted by molar-refractivity contribution is 0.339. The summed E-state index contributed by atoms with van der Waals surface area (Å²) >= 11 is 0. The third-order valence-electron chi connectivity index (χ3n) is 3.58. The van der Waals surface area contributed by atoms with Crippen molar-refractivity contribution in [2.75, 3.05) is 0 Å². The summed E-state index contributed by atoms with van der Waals surface area (Å²) in [4.78, 5) is 0. The van der Waals surface area contributed by atoms with E-state index < -0.39 is 0 Å². The fourth-order valence-electron chi connectivity index (χ4n) is 2.03. The highest BCUT2D eigenvalue weighted by Gasteiger charge is 2.37. The molecule has 0 radical (unpaired) electrons. The lowest BCUT2D eigenvalue weighted by Crippen LogP contribution is -2.40. The van der Waals surface area contributed by atoms with E-state index in [1.165, 1.54) is 12.8 Å². The molecule has 0 atom stereocenters. The normalized spacial score (nSPS) is 16.5. The van der Waals surface area contributed by atoms with E-state index in [9.17, 15) is 4.39 Å². The lowest BCUT2D eigenvalue weighted by atomic mass is 9.98. The van der Waals surface area contributed by atoms with Crippen LogP contribution in [0.3, 0.4) is 0 Å². The number of hydrogen-bond donors (Lipinski definition) is 1. The van der Waals surface area contributed by atoms with Crippen LogP contribution in [0, 0.1) is 18.7 Å². The van der Waals surface area contributed by atoms with Gasteiger partial charge in [-0.25, -0.2) is 4.39 Å². The Balaban J connectivity index is 1.96. The molecule has 1 nitrogen and oxygen atoms in total. The molecule has 0 spiro atoms. The maximum Gasteiger partial charge on any atom is 0.126 e. The average molecular weight is 221 g/mol. The van der Waals surface area contributed by atoms with E-state index in [4.69, 9.17) is 0 Å². The molecular formula is C14H20FN. The van der Waals surface area contributed by atoms with Gasteiger partial charge in [0, 0.05) is 12.1 Å². The number of benzene rings is 1. The number of aryl methyl sites for hydroxylation is 1. The summed E-state index contributed by atoms with van der Waals surface area (Å²) in [5.41, 5.74) is 1.92. The molecule has 0 saturated heterocycles. The SMILES string of the molecule is Cc1ccc(CNC(C)(C)C2CC2)cc1F. The minimum atomic E-state index is -0.108. The van der Waals surface area contributed by atoms with E-state index in [0.29, 0.717) is 5.56 Å². The summed E-state index contributed by atoms with van der Waals surface area (Å²) in [6, 6.07) is 5.47. The van der Waals surface area contributed by atoms with Gasteiger partial charge in [0.05, 0.1) is 0 Å². The smallest absolute Gasteiger partial charge is 0.126 e. The van der Waals surface area contributed by atoms with Crippen LogP contribution in [0.25, 0.3) is 0 Å². The highest BCUT2D eigenvalue weighted by atomic mass is 19.1. The van der Waals surface area contributed by atoms with Gasteiger partial charge in [0.25, 0.3) is 0 Å². The van der Waals surface area contributed by atoms with Gasteiger partial charge in [-0.2, -0.15) is 0 Å². The highest BCUT2D eigenvalue weighted by molar-refractivity contribution is 5.23. The lowest BCUT2D eigenvalue weighted by Gasteiger charge is -2.26. The van der Waals surface area contributed by atoms with Crippen molar-refractivity contribution >= 4 is 0 Å². The Morgan fingerprint density at radius 1 is 1.38 bits per heavy atom. The van der Waals surface area contributed by atoms with Gasteiger partial charge in [-0.1, -0.05) is 12.1 Å². The molecule has 1 aromatic carbocycles. The Morgan fingerprint density at radius 3 is 2.62 bits per heavy atom. The zero-order valence-electron chi connectivity index (χ0n) is 10.3. The molecule has 1 aromatic rings. The number of nitrogens with one attached hydrogen (secondary N) is 1. The molecule has 16 heavy (non-hydrogen) atoms. The van der Waals surface area contributed by atoms with Crippen LogP contribution in [0.5, 0.6) is 0 Å². The fourth-order valence-corrected chi connectivity index (χ4v) is 2.03. The fraction of sp³-hybridized carbons (Fsp3) is 0.571. The topological polar surface area (TPSA) is 12.0 Å². The molecule has 2 heteroatoms. The van der Waals surface area contributed by atoms with Gasteiger partial charge in [0.15, 0.2) is 0 Å². The van der Waals surface area contributed by atoms with Crippen LogP contribution < -0.4 is 5.32 Å². The third-order valence-corrected chi connectivity index (χ3v) is 3.58. The summed E-state index contributed by atoms with van der Waals surface area (Å²) in [7, 11) is 0. The molecule has 0 aromatic heterocycles. The van der Waals surface area contributed by atoms with Crippen molar-refractivity contribution in [3.05, 3.63) is 35.1 Å². The van der Waals surface area contributed by atoms with E-state index in [0.717, 1.165) is 18.0 Å². The molecule has 0 aliphatic heterocycles. The van der Waals surface area contributed by atoms with Gasteiger partial charge in [0.2, 0.25) is 0 Å². The third kappa shape index (κ3) is 2.62. The molecule has 0 bridgehead atoms. The van der Waals surface area contributed by atoms with Gasteiger partial charge in [-0.05, 0) is 56.7 Å². The van der Waals surface area contributed by atoms with Crippen LogP contribution in [-0.2, 0) is 6.54 Å². The molecule has 88 valence electrons. The van der Waals surface area contributed by atoms with E-state index in [1.807, 2.05) is 12.1 Å². The standard InChI is InChI=1S/C14H20FN/c1-10-4-5-11(8-13(10)15)9-16-14(2,3)12-6-7-12/h4-5,8,12,16H,6-7,9H2,1-3H3. The van der Waals surface area contributed by atoms with Crippen LogP contribution in [-0.4, -0.2) is 5.54 Å². The van der Waals surface area contributed by atoms with Crippen molar-refractivity contribution in [2.45, 2.75) is 45.7 Å². The number of rotatable bonds is 4. The largest absolute Gasteiger partial charge is 0.307 e. The summed E-state index contributed by atoms with van der Waals surface area (Å²) in [5, 5.41) is 3.52. The number of hydrogen-bond acceptors (Lipinski definition) is 1. The second-order valence-corrected chi connectivity index (χ2v) is 5.43. The van der Waals surface area contributed by atoms with Crippen LogP contribution in [0.1, 0.15) is 37.8 Å². The van der Waals surface area contributed by atoms with Gasteiger partial charge in [0.1, 0.15) is 5.82 Å². The van der Waals surface area contributed by atoms with Crippen LogP contribution >= 0.6 is 0 Å². The Labute approximate surface area is 97.1 Å². The first-order chi connectivity index (χ1) is 7.49. The molecule has 0 heterocycles. The zero-order chi connectivity index (χ0) is 11.8. The second-order valence-electron chi connectivity index (χ2n) is 5.43. The Morgan fingerprint density at radius 2 is 2.06 bits per heavy atom. The van der Waals surface area contributed by atoms with E-state index in [1.54, 1.807) is 13.0 Å². The maximum absolute atomic E-state index is 13.3. The van der Waals surface area contributed by atoms with Gasteiger partial charge >= 0.3 is 0 Å². The monoisotopic (exact) mass is 221 g/mol. The van der Waals surface area contributed by atoms with Crippen LogP contribution in [0.4, 0.5) is 4.39 Å².